The molecule has 364 valence electrons. The number of imidazole rings is 2. The number of methoxy groups -OCH3 is 2. The minimum atomic E-state index is -3.28. The van der Waals surface area contributed by atoms with Gasteiger partial charge in [0.05, 0.1) is 50.1 Å². The molecule has 3 aromatic carbocycles. The van der Waals surface area contributed by atoms with Gasteiger partial charge in [0.2, 0.25) is 11.8 Å². The molecule has 1 unspecified atom stereocenters. The molecule has 4 aliphatic rings. The molecule has 0 spiro atoms. The zero-order chi connectivity index (χ0) is 48.4. The summed E-state index contributed by atoms with van der Waals surface area (Å²) in [6.07, 6.45) is 9.23. The lowest BCUT2D eigenvalue weighted by Crippen LogP contribution is -2.53. The van der Waals surface area contributed by atoms with Crippen molar-refractivity contribution in [3.05, 3.63) is 95.8 Å². The average Bonchev–Trinajstić information content (AvgIpc) is 4.19. The van der Waals surface area contributed by atoms with Crippen molar-refractivity contribution in [2.75, 3.05) is 40.5 Å². The first kappa shape index (κ1) is 47.4. The Morgan fingerprint density at radius 2 is 1.19 bits per heavy atom. The Morgan fingerprint density at radius 3 is 1.83 bits per heavy atom. The average molecular weight is 947 g/mol. The first-order chi connectivity index (χ1) is 33.4. The number of H-pyrrole nitrogens is 2. The number of carbonyl (C=O) groups excluding carboxylic acids is 4. The Bertz CT molecular complexity index is 2680. The molecule has 3 saturated heterocycles. The third-order valence-corrected chi connectivity index (χ3v) is 14.3. The van der Waals surface area contributed by atoms with E-state index in [4.69, 9.17) is 24.2 Å². The number of carbonyl (C=O) groups is 4. The van der Waals surface area contributed by atoms with Gasteiger partial charge >= 0.3 is 12.2 Å². The number of ether oxygens (including phenoxy) is 3. The van der Waals surface area contributed by atoms with Crippen LogP contribution < -0.4 is 10.6 Å². The van der Waals surface area contributed by atoms with Crippen LogP contribution in [0.1, 0.15) is 106 Å². The SMILES string of the molecule is COC(=O)NC(C(=O)N1CCCCCC[C@H]1c1ncc(-c2ccc3c(c2)C(F)(F)c2cc(-c4ccc(-c5cnc([C@@H]6CCCN6C(=O)[C@@H](NC(=O)OC)C6CCOCC6)[nH]5)cc4)ccc2-3)[nH]1)C(C)C. The third kappa shape index (κ3) is 9.57. The number of amides is 4. The lowest BCUT2D eigenvalue weighted by atomic mass is 9.90. The number of benzene rings is 3. The van der Waals surface area contributed by atoms with Gasteiger partial charge in [-0.05, 0) is 90.3 Å². The fourth-order valence-electron chi connectivity index (χ4n) is 10.5. The van der Waals surface area contributed by atoms with Crippen molar-refractivity contribution in [3.8, 4) is 44.8 Å². The van der Waals surface area contributed by atoms with Crippen LogP contribution in [0, 0.1) is 11.8 Å². The molecular weight excluding hydrogens is 887 g/mol. The van der Waals surface area contributed by atoms with Gasteiger partial charge in [-0.25, -0.2) is 19.6 Å². The van der Waals surface area contributed by atoms with Crippen LogP contribution in [0.4, 0.5) is 18.4 Å². The number of nitrogens with zero attached hydrogens (tertiary/aromatic N) is 4. The van der Waals surface area contributed by atoms with E-state index in [9.17, 15) is 19.2 Å². The first-order valence-corrected chi connectivity index (χ1v) is 24.1. The molecule has 4 atom stereocenters. The Kier molecular flexibility index (Phi) is 13.9. The van der Waals surface area contributed by atoms with Crippen molar-refractivity contribution in [1.29, 1.82) is 0 Å². The molecule has 4 N–H and O–H groups in total. The summed E-state index contributed by atoms with van der Waals surface area (Å²) in [5.74, 6) is -2.69. The molecule has 5 heterocycles. The van der Waals surface area contributed by atoms with Crippen molar-refractivity contribution in [2.24, 2.45) is 11.8 Å². The molecule has 69 heavy (non-hydrogen) atoms. The monoisotopic (exact) mass is 946 g/mol. The Labute approximate surface area is 400 Å². The van der Waals surface area contributed by atoms with Crippen LogP contribution in [-0.2, 0) is 29.7 Å². The van der Waals surface area contributed by atoms with Gasteiger partial charge in [-0.3, -0.25) is 9.59 Å². The van der Waals surface area contributed by atoms with Gasteiger partial charge in [-0.15, -0.1) is 0 Å². The number of aromatic amines is 2. The lowest BCUT2D eigenvalue weighted by molar-refractivity contribution is -0.138. The van der Waals surface area contributed by atoms with Gasteiger partial charge < -0.3 is 44.6 Å². The van der Waals surface area contributed by atoms with Crippen molar-refractivity contribution >= 4 is 24.0 Å². The molecule has 15 nitrogen and oxygen atoms in total. The van der Waals surface area contributed by atoms with Crippen LogP contribution in [-0.4, -0.2) is 106 Å². The van der Waals surface area contributed by atoms with E-state index in [-0.39, 0.29) is 40.8 Å². The lowest BCUT2D eigenvalue weighted by Gasteiger charge is -2.36. The fourth-order valence-corrected chi connectivity index (χ4v) is 10.5. The molecule has 4 amide bonds. The predicted octanol–water partition coefficient (Wildman–Crippen LogP) is 9.28. The highest BCUT2D eigenvalue weighted by atomic mass is 19.3. The van der Waals surface area contributed by atoms with Crippen LogP contribution in [0.25, 0.3) is 44.8 Å². The minimum absolute atomic E-state index is 0.0693. The number of likely N-dealkylation sites (tertiary alicyclic amines) is 2. The number of halogens is 2. The van der Waals surface area contributed by atoms with E-state index in [2.05, 4.69) is 20.6 Å². The molecule has 2 aromatic heterocycles. The number of alkyl halides is 2. The van der Waals surface area contributed by atoms with Crippen LogP contribution in [0.15, 0.2) is 73.1 Å². The van der Waals surface area contributed by atoms with E-state index in [0.29, 0.717) is 85.2 Å². The molecule has 1 aliphatic carbocycles. The summed E-state index contributed by atoms with van der Waals surface area (Å²) < 4.78 is 48.5. The zero-order valence-corrected chi connectivity index (χ0v) is 39.5. The molecule has 9 rings (SSSR count). The van der Waals surface area contributed by atoms with Gasteiger partial charge in [-0.2, -0.15) is 8.78 Å². The van der Waals surface area contributed by atoms with E-state index >= 15 is 8.78 Å². The molecule has 0 bridgehead atoms. The normalized spacial score (nSPS) is 20.0. The summed E-state index contributed by atoms with van der Waals surface area (Å²) in [5.41, 5.74) is 4.91. The van der Waals surface area contributed by atoms with Crippen molar-refractivity contribution in [1.82, 2.24) is 40.4 Å². The topological polar surface area (TPSA) is 184 Å². The number of nitrogens with one attached hydrogen (secondary N) is 4. The molecule has 3 fully saturated rings. The predicted molar refractivity (Wildman–Crippen MR) is 254 cm³/mol. The second-order valence-electron chi connectivity index (χ2n) is 18.9. The fraction of sp³-hybridized carbons (Fsp3) is 0.462. The molecular formula is C52H60F2N8O7. The van der Waals surface area contributed by atoms with Crippen molar-refractivity contribution in [2.45, 2.75) is 102 Å². The summed E-state index contributed by atoms with van der Waals surface area (Å²) in [4.78, 5) is 72.4. The van der Waals surface area contributed by atoms with Gasteiger partial charge in [0.15, 0.2) is 0 Å². The number of aromatic nitrogens is 4. The smallest absolute Gasteiger partial charge is 0.407 e. The highest BCUT2D eigenvalue weighted by Crippen LogP contribution is 2.53. The Balaban J connectivity index is 0.904. The number of fused-ring (bicyclic) bond motifs is 3. The van der Waals surface area contributed by atoms with E-state index in [1.807, 2.05) is 50.2 Å². The number of hydrogen-bond donors (Lipinski definition) is 4. The summed E-state index contributed by atoms with van der Waals surface area (Å²) in [7, 11) is 2.55. The zero-order valence-electron chi connectivity index (χ0n) is 39.5. The van der Waals surface area contributed by atoms with Gasteiger partial charge in [0, 0.05) is 43.0 Å². The van der Waals surface area contributed by atoms with Crippen LogP contribution in [0.5, 0.6) is 0 Å². The molecule has 0 radical (unpaired) electrons. The summed E-state index contributed by atoms with van der Waals surface area (Å²) in [5, 5.41) is 5.50. The van der Waals surface area contributed by atoms with Crippen LogP contribution >= 0.6 is 0 Å². The summed E-state index contributed by atoms with van der Waals surface area (Å²) in [6.45, 7) is 5.83. The Morgan fingerprint density at radius 1 is 0.667 bits per heavy atom. The largest absolute Gasteiger partial charge is 0.453 e. The summed E-state index contributed by atoms with van der Waals surface area (Å²) >= 11 is 0. The van der Waals surface area contributed by atoms with Crippen molar-refractivity contribution in [3.63, 3.8) is 0 Å². The molecule has 3 aliphatic heterocycles. The van der Waals surface area contributed by atoms with E-state index in [1.54, 1.807) is 40.4 Å². The second-order valence-corrected chi connectivity index (χ2v) is 18.9. The van der Waals surface area contributed by atoms with E-state index in [0.717, 1.165) is 55.3 Å². The van der Waals surface area contributed by atoms with Gasteiger partial charge in [0.25, 0.3) is 5.92 Å². The quantitative estimate of drug-likeness (QED) is 0.100. The second kappa shape index (κ2) is 20.2. The number of hydrogen-bond acceptors (Lipinski definition) is 9. The summed E-state index contributed by atoms with van der Waals surface area (Å²) in [6, 6.07) is 15.7. The van der Waals surface area contributed by atoms with Crippen molar-refractivity contribution < 1.29 is 42.2 Å². The highest BCUT2D eigenvalue weighted by molar-refractivity contribution is 5.88. The van der Waals surface area contributed by atoms with Crippen LogP contribution in [0.3, 0.4) is 0 Å². The first-order valence-electron chi connectivity index (χ1n) is 24.1. The Hall–Kier alpha value is -6.62. The van der Waals surface area contributed by atoms with E-state index < -0.39 is 36.2 Å². The number of rotatable bonds is 11. The van der Waals surface area contributed by atoms with Gasteiger partial charge in [0.1, 0.15) is 23.7 Å². The maximum Gasteiger partial charge on any atom is 0.407 e. The third-order valence-electron chi connectivity index (χ3n) is 14.3. The highest BCUT2D eigenvalue weighted by Gasteiger charge is 2.45. The molecule has 5 aromatic rings. The van der Waals surface area contributed by atoms with E-state index in [1.165, 1.54) is 20.3 Å². The minimum Gasteiger partial charge on any atom is -0.453 e. The number of alkyl carbamates (subject to hydrolysis) is 2. The molecule has 0 saturated carbocycles. The maximum atomic E-state index is 16.6. The molecule has 17 heteroatoms. The van der Waals surface area contributed by atoms with Gasteiger partial charge in [-0.1, -0.05) is 81.6 Å². The standard InChI is InChI=1S/C52H60F2N8O7/c1-30(2)44(59-50(65)67-3)48(63)61-22-8-6-5-7-10-42(61)46-56-29-41(58-46)35-17-19-37-36-18-16-34(26-38(36)52(53,54)39(37)27-35)31-12-14-32(15-13-31)40-28-55-47(57-40)43-11-9-23-62(43)49(64)45(60-51(66)68-4)33-20-24-69-25-21-33/h12-19,26-30,33,42-45H,5-11,20-25H2,1-4H3,(H,55,57)(H,56,58)(H,59,65)(H,60,66)/t42-,43-,44?,45-/m0/s1. The van der Waals surface area contributed by atoms with Crippen LogP contribution in [0.2, 0.25) is 0 Å². The maximum absolute atomic E-state index is 16.6.